The number of rotatable bonds is 0. The fraction of sp³-hybridized carbons (Fsp3) is 0.143. The van der Waals surface area contributed by atoms with E-state index in [1.807, 2.05) is 74.5 Å². The quantitative estimate of drug-likeness (QED) is 0.221. The molecule has 4 rings (SSSR count). The second-order valence-corrected chi connectivity index (χ2v) is 6.84. The Balaban J connectivity index is 0.000000391. The third kappa shape index (κ3) is 16.8. The molecule has 0 spiro atoms. The molecule has 0 aromatic heterocycles. The summed E-state index contributed by atoms with van der Waals surface area (Å²) in [6, 6.07) is 36.0. The van der Waals surface area contributed by atoms with Crippen LogP contribution < -0.4 is 0 Å². The summed E-state index contributed by atoms with van der Waals surface area (Å²) in [6.45, 7) is 7.99. The van der Waals surface area contributed by atoms with Crippen molar-refractivity contribution in [2.45, 2.75) is 27.7 Å². The second-order valence-electron chi connectivity index (χ2n) is 6.84. The summed E-state index contributed by atoms with van der Waals surface area (Å²) in [6.07, 6.45) is 0. The molecule has 2 N–H and O–H groups in total. The molecular formula is C28H30O3Ti. The molecule has 0 amide bonds. The topological polar surface area (TPSA) is 57.5 Å². The molecule has 0 bridgehead atoms. The molecule has 0 aliphatic carbocycles. The van der Waals surface area contributed by atoms with Gasteiger partial charge in [0.1, 0.15) is 11.5 Å². The summed E-state index contributed by atoms with van der Waals surface area (Å²) < 4.78 is 8.25. The molecule has 0 saturated heterocycles. The predicted octanol–water partition coefficient (Wildman–Crippen LogP) is 6.87. The fourth-order valence-electron chi connectivity index (χ4n) is 2.22. The molecule has 0 atom stereocenters. The van der Waals surface area contributed by atoms with E-state index in [0.29, 0.717) is 11.5 Å². The van der Waals surface area contributed by atoms with Crippen LogP contribution in [0.1, 0.15) is 22.3 Å². The molecule has 0 aliphatic heterocycles. The van der Waals surface area contributed by atoms with E-state index in [1.54, 1.807) is 24.3 Å². The average Bonchev–Trinajstić information content (AvgIpc) is 2.77. The van der Waals surface area contributed by atoms with Crippen LogP contribution in [0.15, 0.2) is 97.1 Å². The minimum absolute atomic E-state index is 0.338. The van der Waals surface area contributed by atoms with Crippen molar-refractivity contribution in [1.82, 2.24) is 0 Å². The van der Waals surface area contributed by atoms with Gasteiger partial charge < -0.3 is 10.2 Å². The Kier molecular flexibility index (Phi) is 17.0. The van der Waals surface area contributed by atoms with Crippen molar-refractivity contribution >= 4 is 0 Å². The number of aromatic hydroxyl groups is 2. The van der Waals surface area contributed by atoms with E-state index in [1.165, 1.54) is 11.1 Å². The number of hydrogen-bond donors (Lipinski definition) is 2. The van der Waals surface area contributed by atoms with Crippen LogP contribution in [0.3, 0.4) is 0 Å². The SMILES string of the molecule is Cc1c[c-]ccc1.Cc1c[c-]ccc1.Cc1cccc(O)c1.Cc1cccc(O)c1.[O]=[Ti+2]. The Labute approximate surface area is 204 Å². The zero-order valence-corrected chi connectivity index (χ0v) is 20.6. The van der Waals surface area contributed by atoms with E-state index >= 15 is 0 Å². The number of phenolic OH excluding ortho intramolecular Hbond substituents is 2. The van der Waals surface area contributed by atoms with E-state index < -0.39 is 0 Å². The van der Waals surface area contributed by atoms with E-state index in [0.717, 1.165) is 31.5 Å². The van der Waals surface area contributed by atoms with Crippen molar-refractivity contribution in [3.63, 3.8) is 0 Å². The molecule has 0 fully saturated rings. The molecule has 0 heterocycles. The minimum atomic E-state index is 0.338. The summed E-state index contributed by atoms with van der Waals surface area (Å²) >= 11 is 0.750. The molecular weight excluding hydrogens is 432 g/mol. The Morgan fingerprint density at radius 3 is 1.06 bits per heavy atom. The Morgan fingerprint density at radius 2 is 0.906 bits per heavy atom. The number of phenols is 2. The molecule has 164 valence electrons. The monoisotopic (exact) mass is 462 g/mol. The Bertz CT molecular complexity index is 858. The van der Waals surface area contributed by atoms with Gasteiger partial charge in [0.05, 0.1) is 0 Å². The first-order chi connectivity index (χ1) is 15.4. The van der Waals surface area contributed by atoms with Gasteiger partial charge in [-0.05, 0) is 49.2 Å². The first-order valence-electron chi connectivity index (χ1n) is 9.94. The summed E-state index contributed by atoms with van der Waals surface area (Å²) in [7, 11) is 0. The van der Waals surface area contributed by atoms with Crippen molar-refractivity contribution < 1.29 is 33.9 Å². The van der Waals surface area contributed by atoms with Gasteiger partial charge in [-0.1, -0.05) is 38.1 Å². The average molecular weight is 462 g/mol. The van der Waals surface area contributed by atoms with Crippen molar-refractivity contribution in [3.8, 4) is 11.5 Å². The van der Waals surface area contributed by atoms with Crippen LogP contribution in [0.4, 0.5) is 0 Å². The molecule has 32 heavy (non-hydrogen) atoms. The normalized spacial score (nSPS) is 8.56. The molecule has 4 aromatic rings. The summed E-state index contributed by atoms with van der Waals surface area (Å²) in [5.41, 5.74) is 4.71. The standard InChI is InChI=1S/2C7H8O.2C7H7.O.Ti/c2*1-6-3-2-4-7(8)5-6;2*1-7-5-3-2-4-6-7;;/h2*2-5,8H,1H3;2*2-3,5-6H,1H3;;/q;;2*-1;;+2. The van der Waals surface area contributed by atoms with E-state index in [4.69, 9.17) is 13.5 Å². The molecule has 0 radical (unpaired) electrons. The molecule has 0 saturated carbocycles. The van der Waals surface area contributed by atoms with Gasteiger partial charge in [0.15, 0.2) is 0 Å². The van der Waals surface area contributed by atoms with Crippen LogP contribution in [0.2, 0.25) is 0 Å². The Morgan fingerprint density at radius 1 is 0.562 bits per heavy atom. The van der Waals surface area contributed by atoms with Crippen LogP contribution in [0, 0.1) is 39.8 Å². The molecule has 4 heteroatoms. The van der Waals surface area contributed by atoms with Gasteiger partial charge in [-0.15, -0.1) is 0 Å². The fourth-order valence-corrected chi connectivity index (χ4v) is 2.22. The van der Waals surface area contributed by atoms with Gasteiger partial charge in [0.2, 0.25) is 0 Å². The summed E-state index contributed by atoms with van der Waals surface area (Å²) in [4.78, 5) is 0. The van der Waals surface area contributed by atoms with Crippen LogP contribution in [-0.4, -0.2) is 10.2 Å². The van der Waals surface area contributed by atoms with Gasteiger partial charge in [0, 0.05) is 0 Å². The number of hydrogen-bond acceptors (Lipinski definition) is 3. The number of aryl methyl sites for hydroxylation is 4. The van der Waals surface area contributed by atoms with Gasteiger partial charge >= 0.3 is 23.7 Å². The number of benzene rings is 4. The van der Waals surface area contributed by atoms with Crippen molar-refractivity contribution in [2.75, 3.05) is 0 Å². The third-order valence-electron chi connectivity index (χ3n) is 3.73. The van der Waals surface area contributed by atoms with E-state index in [2.05, 4.69) is 38.1 Å². The molecule has 4 aromatic carbocycles. The van der Waals surface area contributed by atoms with Crippen LogP contribution >= 0.6 is 0 Å². The second kappa shape index (κ2) is 18.7. The van der Waals surface area contributed by atoms with Crippen molar-refractivity contribution in [3.05, 3.63) is 131 Å². The maximum atomic E-state index is 8.81. The Hall–Kier alpha value is -3.01. The molecule has 0 unspecified atom stereocenters. The van der Waals surface area contributed by atoms with Crippen molar-refractivity contribution in [1.29, 1.82) is 0 Å². The van der Waals surface area contributed by atoms with Gasteiger partial charge in [-0.2, -0.15) is 71.8 Å². The summed E-state index contributed by atoms with van der Waals surface area (Å²) in [5.74, 6) is 0.676. The van der Waals surface area contributed by atoms with E-state index in [-0.39, 0.29) is 0 Å². The summed E-state index contributed by atoms with van der Waals surface area (Å²) in [5, 5.41) is 17.6. The zero-order chi connectivity index (χ0) is 24.2. The van der Waals surface area contributed by atoms with Gasteiger partial charge in [0.25, 0.3) is 0 Å². The molecule has 0 aliphatic rings. The maximum absolute atomic E-state index is 8.81. The van der Waals surface area contributed by atoms with Crippen LogP contribution in [0.5, 0.6) is 11.5 Å². The third-order valence-corrected chi connectivity index (χ3v) is 3.73. The predicted molar refractivity (Wildman–Crippen MR) is 126 cm³/mol. The van der Waals surface area contributed by atoms with Gasteiger partial charge in [-0.3, -0.25) is 0 Å². The van der Waals surface area contributed by atoms with E-state index in [9.17, 15) is 0 Å². The zero-order valence-electron chi connectivity index (χ0n) is 19.0. The first-order valence-corrected chi connectivity index (χ1v) is 10.6. The van der Waals surface area contributed by atoms with Crippen LogP contribution in [-0.2, 0) is 23.7 Å². The molecule has 3 nitrogen and oxygen atoms in total. The van der Waals surface area contributed by atoms with Gasteiger partial charge in [-0.25, -0.2) is 0 Å². The first kappa shape index (κ1) is 29.0. The van der Waals surface area contributed by atoms with Crippen molar-refractivity contribution in [2.24, 2.45) is 0 Å². The van der Waals surface area contributed by atoms with Crippen LogP contribution in [0.25, 0.3) is 0 Å².